The Morgan fingerprint density at radius 1 is 1.29 bits per heavy atom. The van der Waals surface area contributed by atoms with Crippen LogP contribution >= 0.6 is 11.6 Å². The van der Waals surface area contributed by atoms with Crippen molar-refractivity contribution in [2.45, 2.75) is 25.6 Å². The lowest BCUT2D eigenvalue weighted by Crippen LogP contribution is -2.35. The maximum absolute atomic E-state index is 12.7. The summed E-state index contributed by atoms with van der Waals surface area (Å²) in [5.74, 6) is -0.167. The molecule has 0 heterocycles. The van der Waals surface area contributed by atoms with Gasteiger partial charge in [0.15, 0.2) is 0 Å². The van der Waals surface area contributed by atoms with Gasteiger partial charge < -0.3 is 0 Å². The van der Waals surface area contributed by atoms with E-state index in [-0.39, 0.29) is 5.82 Å². The predicted molar refractivity (Wildman–Crippen MR) is 62.9 cm³/mol. The Labute approximate surface area is 91.1 Å². The normalized spacial score (nSPS) is 15.1. The first-order valence-corrected chi connectivity index (χ1v) is 8.55. The molecule has 0 bridgehead atoms. The van der Waals surface area contributed by atoms with E-state index in [2.05, 4.69) is 13.5 Å². The minimum Gasteiger partial charge on any atom is -0.207 e. The van der Waals surface area contributed by atoms with Crippen LogP contribution in [-0.4, -0.2) is 13.6 Å². The molecule has 1 aromatic rings. The summed E-state index contributed by atoms with van der Waals surface area (Å²) < 4.78 is 12.7. The van der Waals surface area contributed by atoms with Gasteiger partial charge in [-0.15, -0.1) is 11.6 Å². The number of benzene rings is 1. The molecule has 0 N–H and O–H groups in total. The summed E-state index contributed by atoms with van der Waals surface area (Å²) in [4.78, 5) is 0. The number of hydrogen-bond acceptors (Lipinski definition) is 0. The van der Waals surface area contributed by atoms with Gasteiger partial charge in [-0.25, -0.2) is 4.39 Å². The smallest absolute Gasteiger partial charge is 0.123 e. The molecule has 1 atom stereocenters. The zero-order valence-electron chi connectivity index (χ0n) is 8.69. The highest BCUT2D eigenvalue weighted by molar-refractivity contribution is 6.83. The maximum atomic E-state index is 12.7. The van der Waals surface area contributed by atoms with Gasteiger partial charge in [-0.1, -0.05) is 37.2 Å². The minimum absolute atomic E-state index is 0.167. The fraction of sp³-hybridized carbons (Fsp3) is 0.455. The Bertz CT molecular complexity index is 280. The number of alkyl halides is 1. The number of hydrogen-bond donors (Lipinski definition) is 0. The molecular formula is C11H16ClFSi. The second-order valence-electron chi connectivity index (χ2n) is 4.10. The van der Waals surface area contributed by atoms with Crippen LogP contribution in [0.3, 0.4) is 0 Å². The summed E-state index contributed by atoms with van der Waals surface area (Å²) in [6.07, 6.45) is 0. The third-order valence-electron chi connectivity index (χ3n) is 2.72. The lowest BCUT2D eigenvalue weighted by molar-refractivity contribution is 0.627. The second kappa shape index (κ2) is 4.94. The van der Waals surface area contributed by atoms with Gasteiger partial charge in [0.2, 0.25) is 0 Å². The molecule has 1 unspecified atom stereocenters. The summed E-state index contributed by atoms with van der Waals surface area (Å²) in [5, 5.41) is 0. The fourth-order valence-corrected chi connectivity index (χ4v) is 3.97. The minimum atomic E-state index is -1.31. The quantitative estimate of drug-likeness (QED) is 0.546. The molecule has 14 heavy (non-hydrogen) atoms. The Kier molecular flexibility index (Phi) is 4.14. The molecule has 0 nitrogen and oxygen atoms in total. The third kappa shape index (κ3) is 3.10. The first kappa shape index (κ1) is 11.7. The van der Waals surface area contributed by atoms with Crippen LogP contribution in [0.5, 0.6) is 0 Å². The summed E-state index contributed by atoms with van der Waals surface area (Å²) in [7, 11) is -1.31. The first-order chi connectivity index (χ1) is 6.59. The molecule has 0 aliphatic carbocycles. The third-order valence-corrected chi connectivity index (χ3v) is 8.27. The first-order valence-electron chi connectivity index (χ1n) is 4.90. The molecule has 0 aromatic heterocycles. The van der Waals surface area contributed by atoms with Gasteiger partial charge in [0.05, 0.1) is 8.07 Å². The van der Waals surface area contributed by atoms with Gasteiger partial charge in [0, 0.05) is 5.50 Å². The van der Waals surface area contributed by atoms with Crippen LogP contribution in [0.1, 0.15) is 12.5 Å². The van der Waals surface area contributed by atoms with Gasteiger partial charge in [-0.2, -0.15) is 0 Å². The topological polar surface area (TPSA) is 0 Å². The molecule has 0 radical (unpaired) electrons. The molecule has 78 valence electrons. The second-order valence-corrected chi connectivity index (χ2v) is 9.85. The molecule has 1 aromatic carbocycles. The molecule has 0 aliphatic heterocycles. The highest BCUT2D eigenvalue weighted by Crippen LogP contribution is 2.18. The van der Waals surface area contributed by atoms with Gasteiger partial charge in [0.1, 0.15) is 5.82 Å². The van der Waals surface area contributed by atoms with E-state index in [4.69, 9.17) is 11.6 Å². The molecule has 0 saturated carbocycles. The molecule has 0 spiro atoms. The van der Waals surface area contributed by atoms with E-state index in [0.29, 0.717) is 0 Å². The molecule has 1 rings (SSSR count). The van der Waals surface area contributed by atoms with E-state index < -0.39 is 8.07 Å². The Balaban J connectivity index is 2.72. The standard InChI is InChI=1S/C11H16ClFSi/c1-3-14(2,9-12)8-10-4-6-11(13)7-5-10/h4-7H,3,8-9H2,1-2H3. The Hall–Kier alpha value is -0.343. The van der Waals surface area contributed by atoms with Crippen molar-refractivity contribution in [3.8, 4) is 0 Å². The van der Waals surface area contributed by atoms with Crippen LogP contribution < -0.4 is 0 Å². The van der Waals surface area contributed by atoms with Gasteiger partial charge >= 0.3 is 0 Å². The van der Waals surface area contributed by atoms with Crippen molar-refractivity contribution in [1.29, 1.82) is 0 Å². The summed E-state index contributed by atoms with van der Waals surface area (Å²) >= 11 is 5.98. The molecule has 0 amide bonds. The summed E-state index contributed by atoms with van der Waals surface area (Å²) in [6, 6.07) is 8.99. The van der Waals surface area contributed by atoms with Gasteiger partial charge in [-0.3, -0.25) is 0 Å². The molecule has 0 fully saturated rings. The number of halogens is 2. The highest BCUT2D eigenvalue weighted by atomic mass is 35.5. The fourth-order valence-electron chi connectivity index (χ4n) is 1.36. The van der Waals surface area contributed by atoms with Crippen molar-refractivity contribution >= 4 is 19.7 Å². The Morgan fingerprint density at radius 2 is 1.86 bits per heavy atom. The zero-order chi connectivity index (χ0) is 10.6. The monoisotopic (exact) mass is 230 g/mol. The van der Waals surface area contributed by atoms with Crippen molar-refractivity contribution in [3.63, 3.8) is 0 Å². The summed E-state index contributed by atoms with van der Waals surface area (Å²) in [5.41, 5.74) is 1.99. The van der Waals surface area contributed by atoms with Gasteiger partial charge in [-0.05, 0) is 18.2 Å². The average molecular weight is 231 g/mol. The predicted octanol–water partition coefficient (Wildman–Crippen LogP) is 3.78. The highest BCUT2D eigenvalue weighted by Gasteiger charge is 2.23. The SMILES string of the molecule is CC[Si](C)(CCl)Cc1ccc(F)cc1. The van der Waals surface area contributed by atoms with Crippen LogP contribution in [0.2, 0.25) is 12.6 Å². The lowest BCUT2D eigenvalue weighted by Gasteiger charge is -2.22. The van der Waals surface area contributed by atoms with Gasteiger partial charge in [0.25, 0.3) is 0 Å². The molecule has 0 saturated heterocycles. The largest absolute Gasteiger partial charge is 0.207 e. The van der Waals surface area contributed by atoms with E-state index in [1.165, 1.54) is 23.7 Å². The van der Waals surface area contributed by atoms with Crippen LogP contribution in [0, 0.1) is 5.82 Å². The van der Waals surface area contributed by atoms with E-state index in [1.807, 2.05) is 12.1 Å². The van der Waals surface area contributed by atoms with Crippen molar-refractivity contribution in [1.82, 2.24) is 0 Å². The van der Waals surface area contributed by atoms with Crippen LogP contribution in [0.15, 0.2) is 24.3 Å². The Morgan fingerprint density at radius 3 is 2.29 bits per heavy atom. The molecule has 0 aliphatic rings. The summed E-state index contributed by atoms with van der Waals surface area (Å²) in [6.45, 7) is 4.49. The van der Waals surface area contributed by atoms with E-state index in [9.17, 15) is 4.39 Å². The maximum Gasteiger partial charge on any atom is 0.123 e. The van der Waals surface area contributed by atoms with E-state index in [1.54, 1.807) is 0 Å². The van der Waals surface area contributed by atoms with Crippen LogP contribution in [0.4, 0.5) is 4.39 Å². The molecule has 3 heteroatoms. The van der Waals surface area contributed by atoms with Crippen LogP contribution in [0.25, 0.3) is 0 Å². The van der Waals surface area contributed by atoms with E-state index in [0.717, 1.165) is 11.5 Å². The average Bonchev–Trinajstić information content (AvgIpc) is 2.21. The van der Waals surface area contributed by atoms with E-state index >= 15 is 0 Å². The van der Waals surface area contributed by atoms with Crippen molar-refractivity contribution in [2.24, 2.45) is 0 Å². The van der Waals surface area contributed by atoms with Crippen LogP contribution in [-0.2, 0) is 6.04 Å². The van der Waals surface area contributed by atoms with Crippen molar-refractivity contribution in [3.05, 3.63) is 35.6 Å². The molecular weight excluding hydrogens is 215 g/mol. The van der Waals surface area contributed by atoms with Crippen molar-refractivity contribution < 1.29 is 4.39 Å². The number of rotatable bonds is 4. The van der Waals surface area contributed by atoms with Crippen molar-refractivity contribution in [2.75, 3.05) is 5.50 Å². The zero-order valence-corrected chi connectivity index (χ0v) is 10.4. The lowest BCUT2D eigenvalue weighted by atomic mass is 10.2.